The average molecular weight is 206 g/mol. The molecular weight excluding hydrogens is 190 g/mol. The van der Waals surface area contributed by atoms with E-state index in [0.717, 1.165) is 6.54 Å². The number of hydrogen-bond acceptors (Lipinski definition) is 2. The zero-order chi connectivity index (χ0) is 10.0. The van der Waals surface area contributed by atoms with Crippen molar-refractivity contribution < 1.29 is 9.90 Å². The van der Waals surface area contributed by atoms with Gasteiger partial charge in [0.15, 0.2) is 0 Å². The average Bonchev–Trinajstić information content (AvgIpc) is 2.45. The maximum atomic E-state index is 11.5. The molecular formula is C9H16ClNO2. The van der Waals surface area contributed by atoms with Gasteiger partial charge in [-0.2, -0.15) is 0 Å². The maximum absolute atomic E-state index is 11.5. The van der Waals surface area contributed by atoms with Gasteiger partial charge in [0, 0.05) is 25.6 Å². The Morgan fingerprint density at radius 2 is 2.31 bits per heavy atom. The van der Waals surface area contributed by atoms with E-state index in [1.54, 1.807) is 11.8 Å². The molecule has 3 nitrogen and oxygen atoms in total. The summed E-state index contributed by atoms with van der Waals surface area (Å²) >= 11 is 5.69. The molecule has 0 spiro atoms. The highest BCUT2D eigenvalue weighted by Gasteiger charge is 2.32. The first-order chi connectivity index (χ1) is 6.06. The van der Waals surface area contributed by atoms with Gasteiger partial charge in [-0.05, 0) is 12.8 Å². The summed E-state index contributed by atoms with van der Waals surface area (Å²) in [5.74, 6) is 0.577. The highest BCUT2D eigenvalue weighted by atomic mass is 35.5. The SMILES string of the molecule is C[C@H](Cl)C(=O)N1C[C@@H](CO)[C@H](C)C1. The van der Waals surface area contributed by atoms with Gasteiger partial charge >= 0.3 is 0 Å². The Hall–Kier alpha value is -0.280. The fourth-order valence-electron chi connectivity index (χ4n) is 1.70. The minimum atomic E-state index is -0.454. The van der Waals surface area contributed by atoms with Crippen molar-refractivity contribution in [2.24, 2.45) is 11.8 Å². The van der Waals surface area contributed by atoms with E-state index < -0.39 is 5.38 Å². The van der Waals surface area contributed by atoms with Crippen molar-refractivity contribution >= 4 is 17.5 Å². The van der Waals surface area contributed by atoms with Crippen molar-refractivity contribution in [2.75, 3.05) is 19.7 Å². The van der Waals surface area contributed by atoms with Crippen LogP contribution in [0.1, 0.15) is 13.8 Å². The Morgan fingerprint density at radius 3 is 2.69 bits per heavy atom. The first-order valence-electron chi connectivity index (χ1n) is 4.60. The van der Waals surface area contributed by atoms with Gasteiger partial charge in [-0.3, -0.25) is 4.79 Å². The summed E-state index contributed by atoms with van der Waals surface area (Å²) in [4.78, 5) is 13.2. The number of carbonyl (C=O) groups excluding carboxylic acids is 1. The minimum Gasteiger partial charge on any atom is -0.396 e. The fraction of sp³-hybridized carbons (Fsp3) is 0.889. The molecule has 0 unspecified atom stereocenters. The highest BCUT2D eigenvalue weighted by Crippen LogP contribution is 2.23. The number of aliphatic hydroxyl groups is 1. The Morgan fingerprint density at radius 1 is 1.69 bits per heavy atom. The standard InChI is InChI=1S/C9H16ClNO2/c1-6-3-11(4-8(6)5-12)9(13)7(2)10/h6-8,12H,3-5H2,1-2H3/t6-,7+,8+/m1/s1. The van der Waals surface area contributed by atoms with E-state index >= 15 is 0 Å². The van der Waals surface area contributed by atoms with Crippen molar-refractivity contribution in [3.63, 3.8) is 0 Å². The maximum Gasteiger partial charge on any atom is 0.240 e. The van der Waals surface area contributed by atoms with E-state index in [-0.39, 0.29) is 18.4 Å². The van der Waals surface area contributed by atoms with Gasteiger partial charge < -0.3 is 10.0 Å². The molecule has 1 N–H and O–H groups in total. The number of amides is 1. The molecule has 76 valence electrons. The van der Waals surface area contributed by atoms with E-state index in [1.165, 1.54) is 0 Å². The van der Waals surface area contributed by atoms with Crippen LogP contribution in [0.25, 0.3) is 0 Å². The van der Waals surface area contributed by atoms with E-state index in [0.29, 0.717) is 12.5 Å². The summed E-state index contributed by atoms with van der Waals surface area (Å²) in [6.07, 6.45) is 0. The van der Waals surface area contributed by atoms with Crippen molar-refractivity contribution in [1.29, 1.82) is 0 Å². The lowest BCUT2D eigenvalue weighted by Crippen LogP contribution is -2.34. The zero-order valence-corrected chi connectivity index (χ0v) is 8.79. The normalized spacial score (nSPS) is 30.6. The van der Waals surface area contributed by atoms with Crippen LogP contribution in [0.4, 0.5) is 0 Å². The van der Waals surface area contributed by atoms with Gasteiger partial charge in [-0.15, -0.1) is 11.6 Å². The van der Waals surface area contributed by atoms with Crippen LogP contribution in [0.5, 0.6) is 0 Å². The topological polar surface area (TPSA) is 40.5 Å². The second-order valence-electron chi connectivity index (χ2n) is 3.78. The molecule has 1 heterocycles. The molecule has 13 heavy (non-hydrogen) atoms. The third-order valence-electron chi connectivity index (χ3n) is 2.65. The van der Waals surface area contributed by atoms with Gasteiger partial charge in [0.05, 0.1) is 0 Å². The van der Waals surface area contributed by atoms with Crippen LogP contribution >= 0.6 is 11.6 Å². The molecule has 4 heteroatoms. The van der Waals surface area contributed by atoms with Crippen LogP contribution in [0.3, 0.4) is 0 Å². The highest BCUT2D eigenvalue weighted by molar-refractivity contribution is 6.30. The van der Waals surface area contributed by atoms with Gasteiger partial charge in [-0.25, -0.2) is 0 Å². The number of hydrogen-bond donors (Lipinski definition) is 1. The van der Waals surface area contributed by atoms with Gasteiger partial charge in [-0.1, -0.05) is 6.92 Å². The number of carbonyl (C=O) groups is 1. The predicted molar refractivity (Wildman–Crippen MR) is 51.6 cm³/mol. The molecule has 0 radical (unpaired) electrons. The smallest absolute Gasteiger partial charge is 0.240 e. The lowest BCUT2D eigenvalue weighted by atomic mass is 10.00. The van der Waals surface area contributed by atoms with Gasteiger partial charge in [0.25, 0.3) is 0 Å². The number of nitrogens with zero attached hydrogens (tertiary/aromatic N) is 1. The summed E-state index contributed by atoms with van der Waals surface area (Å²) in [6, 6.07) is 0. The minimum absolute atomic E-state index is 0.0236. The largest absolute Gasteiger partial charge is 0.396 e. The lowest BCUT2D eigenvalue weighted by Gasteiger charge is -2.17. The molecule has 0 aliphatic carbocycles. The van der Waals surface area contributed by atoms with Crippen LogP contribution in [-0.2, 0) is 4.79 Å². The molecule has 1 fully saturated rings. The molecule has 1 aliphatic heterocycles. The van der Waals surface area contributed by atoms with Gasteiger partial charge in [0.1, 0.15) is 5.38 Å². The molecule has 1 rings (SSSR count). The fourth-order valence-corrected chi connectivity index (χ4v) is 1.84. The molecule has 1 amide bonds. The monoisotopic (exact) mass is 205 g/mol. The van der Waals surface area contributed by atoms with E-state index in [1.807, 2.05) is 6.92 Å². The number of rotatable bonds is 2. The number of halogens is 1. The molecule has 1 saturated heterocycles. The number of alkyl halides is 1. The first kappa shape index (κ1) is 10.8. The van der Waals surface area contributed by atoms with Crippen LogP contribution in [-0.4, -0.2) is 41.0 Å². The summed E-state index contributed by atoms with van der Waals surface area (Å²) in [7, 11) is 0. The van der Waals surface area contributed by atoms with Crippen molar-refractivity contribution in [1.82, 2.24) is 4.90 Å². The second kappa shape index (κ2) is 4.29. The van der Waals surface area contributed by atoms with Crippen molar-refractivity contribution in [2.45, 2.75) is 19.2 Å². The molecule has 0 aromatic heterocycles. The Bertz CT molecular complexity index is 196. The quantitative estimate of drug-likeness (QED) is 0.675. The molecule has 0 aromatic rings. The summed E-state index contributed by atoms with van der Waals surface area (Å²) < 4.78 is 0. The van der Waals surface area contributed by atoms with Crippen LogP contribution in [0.2, 0.25) is 0 Å². The molecule has 0 bridgehead atoms. The van der Waals surface area contributed by atoms with Crippen LogP contribution in [0.15, 0.2) is 0 Å². The van der Waals surface area contributed by atoms with E-state index in [4.69, 9.17) is 16.7 Å². The number of aliphatic hydroxyl groups excluding tert-OH is 1. The molecule has 3 atom stereocenters. The Kier molecular flexibility index (Phi) is 3.56. The molecule has 1 aliphatic rings. The zero-order valence-electron chi connectivity index (χ0n) is 8.03. The predicted octanol–water partition coefficient (Wildman–Crippen LogP) is 0.701. The third kappa shape index (κ3) is 2.35. The summed E-state index contributed by atoms with van der Waals surface area (Å²) in [5, 5.41) is 8.55. The Balaban J connectivity index is 2.53. The van der Waals surface area contributed by atoms with Gasteiger partial charge in [0.2, 0.25) is 5.91 Å². The summed E-state index contributed by atoms with van der Waals surface area (Å²) in [6.45, 7) is 5.25. The van der Waals surface area contributed by atoms with Crippen LogP contribution < -0.4 is 0 Å². The summed E-state index contributed by atoms with van der Waals surface area (Å²) in [5.41, 5.74) is 0. The van der Waals surface area contributed by atoms with Crippen molar-refractivity contribution in [3.8, 4) is 0 Å². The van der Waals surface area contributed by atoms with E-state index in [2.05, 4.69) is 0 Å². The lowest BCUT2D eigenvalue weighted by molar-refractivity contribution is -0.129. The van der Waals surface area contributed by atoms with Crippen molar-refractivity contribution in [3.05, 3.63) is 0 Å². The van der Waals surface area contributed by atoms with Crippen LogP contribution in [0, 0.1) is 11.8 Å². The third-order valence-corrected chi connectivity index (χ3v) is 2.84. The first-order valence-corrected chi connectivity index (χ1v) is 5.03. The van der Waals surface area contributed by atoms with E-state index in [9.17, 15) is 4.79 Å². The molecule has 0 aromatic carbocycles. The second-order valence-corrected chi connectivity index (χ2v) is 4.43. The molecule has 0 saturated carbocycles. The number of likely N-dealkylation sites (tertiary alicyclic amines) is 1. The Labute approximate surface area is 83.7 Å².